The molecule has 1 fully saturated rings. The van der Waals surface area contributed by atoms with Gasteiger partial charge in [-0.25, -0.2) is 8.42 Å². The lowest BCUT2D eigenvalue weighted by atomic mass is 9.95. The second kappa shape index (κ2) is 5.28. The molecule has 2 atom stereocenters. The number of nitrogens with two attached hydrogens (primary N) is 1. The Balaban J connectivity index is 2.31. The van der Waals surface area contributed by atoms with Crippen molar-refractivity contribution in [3.05, 3.63) is 16.3 Å². The fourth-order valence-corrected chi connectivity index (χ4v) is 5.54. The van der Waals surface area contributed by atoms with E-state index in [2.05, 4.69) is 6.92 Å². The smallest absolute Gasteiger partial charge is 0.244 e. The Morgan fingerprint density at radius 1 is 1.50 bits per heavy atom. The van der Waals surface area contributed by atoms with E-state index in [0.717, 1.165) is 17.7 Å². The third kappa shape index (κ3) is 2.47. The molecule has 0 bridgehead atoms. The molecule has 0 aliphatic carbocycles. The second-order valence-corrected chi connectivity index (χ2v) is 7.87. The number of hydrogen-bond acceptors (Lipinski definition) is 4. The first kappa shape index (κ1) is 14.0. The van der Waals surface area contributed by atoms with Crippen LogP contribution in [-0.4, -0.2) is 25.3 Å². The Kier molecular flexibility index (Phi) is 4.11. The molecule has 0 aromatic carbocycles. The Bertz CT molecular complexity index is 510. The molecule has 0 saturated carbocycles. The number of rotatable bonds is 3. The summed E-state index contributed by atoms with van der Waals surface area (Å²) in [6.45, 7) is 5.06. The monoisotopic (exact) mass is 288 g/mol. The van der Waals surface area contributed by atoms with Crippen molar-refractivity contribution in [3.8, 4) is 0 Å². The Morgan fingerprint density at radius 2 is 2.22 bits per heavy atom. The number of hydrogen-bond donors (Lipinski definition) is 1. The first-order valence-electron chi connectivity index (χ1n) is 6.25. The average molecular weight is 288 g/mol. The summed E-state index contributed by atoms with van der Waals surface area (Å²) in [4.78, 5) is 1.15. The summed E-state index contributed by atoms with van der Waals surface area (Å²) in [5, 5.41) is 1.80. The van der Waals surface area contributed by atoms with Crippen LogP contribution in [0.15, 0.2) is 16.3 Å². The van der Waals surface area contributed by atoms with Crippen molar-refractivity contribution in [3.63, 3.8) is 0 Å². The lowest BCUT2D eigenvalue weighted by Crippen LogP contribution is -2.44. The van der Waals surface area contributed by atoms with Crippen molar-refractivity contribution in [1.82, 2.24) is 4.31 Å². The van der Waals surface area contributed by atoms with Crippen LogP contribution in [0.1, 0.15) is 31.6 Å². The molecule has 18 heavy (non-hydrogen) atoms. The van der Waals surface area contributed by atoms with Crippen molar-refractivity contribution in [2.45, 2.75) is 44.2 Å². The van der Waals surface area contributed by atoms with E-state index in [1.54, 1.807) is 15.8 Å². The molecule has 2 N–H and O–H groups in total. The van der Waals surface area contributed by atoms with Gasteiger partial charge in [0.05, 0.1) is 4.90 Å². The molecule has 102 valence electrons. The lowest BCUT2D eigenvalue weighted by molar-refractivity contribution is 0.220. The first-order chi connectivity index (χ1) is 8.46. The number of thiophene rings is 1. The van der Waals surface area contributed by atoms with Gasteiger partial charge in [-0.1, -0.05) is 6.92 Å². The van der Waals surface area contributed by atoms with Gasteiger partial charge in [0.25, 0.3) is 0 Å². The molecule has 0 amide bonds. The van der Waals surface area contributed by atoms with Gasteiger partial charge in [-0.15, -0.1) is 11.3 Å². The zero-order valence-corrected chi connectivity index (χ0v) is 12.4. The maximum absolute atomic E-state index is 12.6. The maximum atomic E-state index is 12.6. The Morgan fingerprint density at radius 3 is 2.83 bits per heavy atom. The summed E-state index contributed by atoms with van der Waals surface area (Å²) in [6, 6.07) is 1.75. The van der Waals surface area contributed by atoms with Gasteiger partial charge in [0.15, 0.2) is 0 Å². The molecule has 1 aromatic rings. The fourth-order valence-electron chi connectivity index (χ4n) is 2.58. The van der Waals surface area contributed by atoms with Gasteiger partial charge >= 0.3 is 0 Å². The molecular formula is C12H20N2O2S2. The fraction of sp³-hybridized carbons (Fsp3) is 0.667. The predicted molar refractivity (Wildman–Crippen MR) is 74.0 cm³/mol. The van der Waals surface area contributed by atoms with E-state index in [-0.39, 0.29) is 12.6 Å². The Labute approximate surface area is 113 Å². The van der Waals surface area contributed by atoms with E-state index < -0.39 is 10.0 Å². The SMILES string of the molecule is CC1CCN(S(=O)(=O)c2ccsc2CN)C(C)C1. The first-order valence-corrected chi connectivity index (χ1v) is 8.57. The minimum atomic E-state index is -3.37. The highest BCUT2D eigenvalue weighted by atomic mass is 32.2. The largest absolute Gasteiger partial charge is 0.326 e. The second-order valence-electron chi connectivity index (χ2n) is 5.01. The molecule has 2 unspecified atom stereocenters. The Hall–Kier alpha value is -0.430. The topological polar surface area (TPSA) is 63.4 Å². The molecule has 2 rings (SSSR count). The zero-order chi connectivity index (χ0) is 13.3. The van der Waals surface area contributed by atoms with E-state index in [9.17, 15) is 8.42 Å². The van der Waals surface area contributed by atoms with Crippen LogP contribution >= 0.6 is 11.3 Å². The molecular weight excluding hydrogens is 268 g/mol. The molecule has 1 aromatic heterocycles. The molecule has 1 aliphatic rings. The maximum Gasteiger partial charge on any atom is 0.244 e. The van der Waals surface area contributed by atoms with Gasteiger partial charge in [0, 0.05) is 24.0 Å². The van der Waals surface area contributed by atoms with Crippen molar-refractivity contribution < 1.29 is 8.42 Å². The summed E-state index contributed by atoms with van der Waals surface area (Å²) in [6.07, 6.45) is 1.87. The van der Waals surface area contributed by atoms with Gasteiger partial charge < -0.3 is 5.73 Å². The summed E-state index contributed by atoms with van der Waals surface area (Å²) in [5.74, 6) is 0.600. The van der Waals surface area contributed by atoms with E-state index in [1.807, 2.05) is 6.92 Å². The van der Waals surface area contributed by atoms with Crippen LogP contribution in [0.25, 0.3) is 0 Å². The van der Waals surface area contributed by atoms with Crippen molar-refractivity contribution in [1.29, 1.82) is 0 Å². The average Bonchev–Trinajstić information content (AvgIpc) is 2.76. The summed E-state index contributed by atoms with van der Waals surface area (Å²) >= 11 is 1.41. The van der Waals surface area contributed by atoms with Crippen LogP contribution in [0.3, 0.4) is 0 Å². The van der Waals surface area contributed by atoms with E-state index in [0.29, 0.717) is 17.4 Å². The number of nitrogens with zero attached hydrogens (tertiary/aromatic N) is 1. The van der Waals surface area contributed by atoms with Crippen molar-refractivity contribution in [2.75, 3.05) is 6.54 Å². The van der Waals surface area contributed by atoms with E-state index in [4.69, 9.17) is 5.73 Å². The minimum absolute atomic E-state index is 0.0734. The standard InChI is InChI=1S/C12H20N2O2S2/c1-9-3-5-14(10(2)7-9)18(15,16)12-4-6-17-11(12)8-13/h4,6,9-10H,3,5,7-8,13H2,1-2H3. The molecule has 1 aliphatic heterocycles. The molecule has 0 spiro atoms. The van der Waals surface area contributed by atoms with E-state index >= 15 is 0 Å². The third-order valence-corrected chi connectivity index (χ3v) is 6.72. The predicted octanol–water partition coefficient (Wildman–Crippen LogP) is 2.02. The van der Waals surface area contributed by atoms with Gasteiger partial charge in [0.1, 0.15) is 0 Å². The lowest BCUT2D eigenvalue weighted by Gasteiger charge is -2.35. The van der Waals surface area contributed by atoms with Crippen LogP contribution in [0.5, 0.6) is 0 Å². The van der Waals surface area contributed by atoms with Crippen LogP contribution in [0, 0.1) is 5.92 Å². The van der Waals surface area contributed by atoms with Gasteiger partial charge in [-0.05, 0) is 37.1 Å². The highest BCUT2D eigenvalue weighted by Gasteiger charge is 2.34. The highest BCUT2D eigenvalue weighted by Crippen LogP contribution is 2.31. The third-order valence-electron chi connectivity index (χ3n) is 3.55. The quantitative estimate of drug-likeness (QED) is 0.925. The molecule has 2 heterocycles. The van der Waals surface area contributed by atoms with Crippen LogP contribution in [0.2, 0.25) is 0 Å². The van der Waals surface area contributed by atoms with Gasteiger partial charge in [-0.3, -0.25) is 0 Å². The molecule has 4 nitrogen and oxygen atoms in total. The summed E-state index contributed by atoms with van der Waals surface area (Å²) < 4.78 is 26.9. The molecule has 6 heteroatoms. The van der Waals surface area contributed by atoms with Crippen LogP contribution < -0.4 is 5.73 Å². The van der Waals surface area contributed by atoms with Crippen LogP contribution in [0.4, 0.5) is 0 Å². The van der Waals surface area contributed by atoms with Crippen LogP contribution in [-0.2, 0) is 16.6 Å². The normalized spacial score (nSPS) is 26.4. The van der Waals surface area contributed by atoms with Gasteiger partial charge in [0.2, 0.25) is 10.0 Å². The van der Waals surface area contributed by atoms with E-state index in [1.165, 1.54) is 11.3 Å². The van der Waals surface area contributed by atoms with Crippen molar-refractivity contribution >= 4 is 21.4 Å². The number of sulfonamides is 1. The highest BCUT2D eigenvalue weighted by molar-refractivity contribution is 7.89. The summed E-state index contributed by atoms with van der Waals surface area (Å²) in [5.41, 5.74) is 5.61. The number of piperidine rings is 1. The molecule has 1 saturated heterocycles. The summed E-state index contributed by atoms with van der Waals surface area (Å²) in [7, 11) is -3.37. The molecule has 0 radical (unpaired) electrons. The zero-order valence-electron chi connectivity index (χ0n) is 10.8. The van der Waals surface area contributed by atoms with Crippen molar-refractivity contribution in [2.24, 2.45) is 11.7 Å². The van der Waals surface area contributed by atoms with Gasteiger partial charge in [-0.2, -0.15) is 4.31 Å². The minimum Gasteiger partial charge on any atom is -0.326 e.